The molecule has 18 heavy (non-hydrogen) atoms. The number of rotatable bonds is 6. The maximum atomic E-state index is 5.47. The van der Waals surface area contributed by atoms with Crippen molar-refractivity contribution in [2.45, 2.75) is 44.8 Å². The van der Waals surface area contributed by atoms with Crippen molar-refractivity contribution in [3.8, 4) is 0 Å². The molecule has 2 rings (SSSR count). The van der Waals surface area contributed by atoms with Gasteiger partial charge in [0.25, 0.3) is 0 Å². The Kier molecular flexibility index (Phi) is 4.75. The predicted octanol–water partition coefficient (Wildman–Crippen LogP) is 2.28. The number of methoxy groups -OCH3 is 1. The van der Waals surface area contributed by atoms with Gasteiger partial charge in [-0.1, -0.05) is 6.92 Å². The second-order valence-electron chi connectivity index (χ2n) is 4.67. The molecule has 0 aromatic carbocycles. The smallest absolute Gasteiger partial charge is 0.131 e. The van der Waals surface area contributed by atoms with Gasteiger partial charge < -0.3 is 15.4 Å². The van der Waals surface area contributed by atoms with Crippen LogP contribution in [0.1, 0.15) is 32.6 Å². The number of hydrogen-bond donors (Lipinski definition) is 2. The van der Waals surface area contributed by atoms with Gasteiger partial charge >= 0.3 is 0 Å². The average Bonchev–Trinajstić information content (AvgIpc) is 2.84. The van der Waals surface area contributed by atoms with Crippen molar-refractivity contribution in [1.29, 1.82) is 0 Å². The Morgan fingerprint density at radius 1 is 1.33 bits per heavy atom. The van der Waals surface area contributed by atoms with Crippen molar-refractivity contribution < 1.29 is 4.74 Å². The molecular weight excluding hydrogens is 228 g/mol. The molecule has 1 aliphatic carbocycles. The van der Waals surface area contributed by atoms with Crippen LogP contribution in [0.15, 0.2) is 12.4 Å². The van der Waals surface area contributed by atoms with Crippen molar-refractivity contribution in [2.24, 2.45) is 0 Å². The maximum Gasteiger partial charge on any atom is 0.131 e. The van der Waals surface area contributed by atoms with E-state index in [1.54, 1.807) is 13.4 Å². The summed E-state index contributed by atoms with van der Waals surface area (Å²) < 4.78 is 5.47. The van der Waals surface area contributed by atoms with Crippen LogP contribution < -0.4 is 10.6 Å². The van der Waals surface area contributed by atoms with E-state index in [0.29, 0.717) is 12.1 Å². The number of nitrogens with one attached hydrogen (secondary N) is 2. The second kappa shape index (κ2) is 6.54. The largest absolute Gasteiger partial charge is 0.379 e. The fourth-order valence-corrected chi connectivity index (χ4v) is 2.35. The first-order valence-corrected chi connectivity index (χ1v) is 6.68. The van der Waals surface area contributed by atoms with Gasteiger partial charge in [0.05, 0.1) is 12.1 Å². The molecule has 2 atom stereocenters. The van der Waals surface area contributed by atoms with E-state index in [-0.39, 0.29) is 0 Å². The number of aromatic nitrogens is 2. The van der Waals surface area contributed by atoms with E-state index in [9.17, 15) is 0 Å². The molecule has 5 nitrogen and oxygen atoms in total. The normalized spacial score (nSPS) is 23.0. The first-order valence-electron chi connectivity index (χ1n) is 6.68. The summed E-state index contributed by atoms with van der Waals surface area (Å²) in [5, 5.41) is 6.71. The van der Waals surface area contributed by atoms with Gasteiger partial charge in [0.1, 0.15) is 18.0 Å². The first-order chi connectivity index (χ1) is 8.83. The summed E-state index contributed by atoms with van der Waals surface area (Å²) in [6.07, 6.45) is 6.45. The molecule has 0 spiro atoms. The summed E-state index contributed by atoms with van der Waals surface area (Å²) in [6.45, 7) is 3.07. The molecule has 1 aliphatic rings. The zero-order valence-corrected chi connectivity index (χ0v) is 11.1. The van der Waals surface area contributed by atoms with E-state index in [2.05, 4.69) is 27.5 Å². The molecule has 1 fully saturated rings. The SMILES string of the molecule is CCCNc1cc(NC2CCCC2OC)ncn1. The standard InChI is InChI=1S/C13H22N4O/c1-3-7-14-12-8-13(16-9-15-12)17-10-5-4-6-11(10)18-2/h8-11H,3-7H2,1-2H3,(H2,14,15,16,17). The summed E-state index contributed by atoms with van der Waals surface area (Å²) in [7, 11) is 1.78. The van der Waals surface area contributed by atoms with Crippen LogP contribution in [0.4, 0.5) is 11.6 Å². The Labute approximate surface area is 108 Å². The van der Waals surface area contributed by atoms with Crippen LogP contribution in [0, 0.1) is 0 Å². The lowest BCUT2D eigenvalue weighted by Crippen LogP contribution is -2.30. The quantitative estimate of drug-likeness (QED) is 0.811. The van der Waals surface area contributed by atoms with Gasteiger partial charge in [-0.15, -0.1) is 0 Å². The van der Waals surface area contributed by atoms with Crippen LogP contribution in [0.2, 0.25) is 0 Å². The first kappa shape index (κ1) is 13.1. The van der Waals surface area contributed by atoms with Crippen LogP contribution in [-0.2, 0) is 4.74 Å². The molecule has 0 bridgehead atoms. The van der Waals surface area contributed by atoms with E-state index in [0.717, 1.165) is 37.4 Å². The zero-order chi connectivity index (χ0) is 12.8. The number of nitrogens with zero attached hydrogens (tertiary/aromatic N) is 2. The van der Waals surface area contributed by atoms with E-state index in [4.69, 9.17) is 4.74 Å². The predicted molar refractivity (Wildman–Crippen MR) is 72.9 cm³/mol. The minimum Gasteiger partial charge on any atom is -0.379 e. The molecule has 5 heteroatoms. The number of anilines is 2. The molecule has 2 unspecified atom stereocenters. The van der Waals surface area contributed by atoms with Crippen molar-refractivity contribution in [1.82, 2.24) is 9.97 Å². The lowest BCUT2D eigenvalue weighted by molar-refractivity contribution is 0.101. The van der Waals surface area contributed by atoms with Gasteiger partial charge in [-0.05, 0) is 25.7 Å². The van der Waals surface area contributed by atoms with E-state index < -0.39 is 0 Å². The Morgan fingerprint density at radius 3 is 2.94 bits per heavy atom. The molecule has 100 valence electrons. The third-order valence-electron chi connectivity index (χ3n) is 3.31. The molecule has 0 saturated heterocycles. The van der Waals surface area contributed by atoms with E-state index >= 15 is 0 Å². The topological polar surface area (TPSA) is 59.1 Å². The fourth-order valence-electron chi connectivity index (χ4n) is 2.35. The van der Waals surface area contributed by atoms with Gasteiger partial charge in [-0.3, -0.25) is 0 Å². The summed E-state index contributed by atoms with van der Waals surface area (Å²) in [6, 6.07) is 2.32. The molecular formula is C13H22N4O. The highest BCUT2D eigenvalue weighted by atomic mass is 16.5. The van der Waals surface area contributed by atoms with Crippen molar-refractivity contribution in [3.05, 3.63) is 12.4 Å². The van der Waals surface area contributed by atoms with Gasteiger partial charge in [0.2, 0.25) is 0 Å². The van der Waals surface area contributed by atoms with E-state index in [1.165, 1.54) is 6.42 Å². The highest BCUT2D eigenvalue weighted by Crippen LogP contribution is 2.24. The summed E-state index contributed by atoms with van der Waals surface area (Å²) in [5.74, 6) is 1.75. The minimum atomic E-state index is 0.298. The molecule has 0 radical (unpaired) electrons. The molecule has 1 saturated carbocycles. The van der Waals surface area contributed by atoms with Crippen molar-refractivity contribution in [2.75, 3.05) is 24.3 Å². The van der Waals surface area contributed by atoms with Crippen molar-refractivity contribution in [3.63, 3.8) is 0 Å². The van der Waals surface area contributed by atoms with Crippen LogP contribution in [0.5, 0.6) is 0 Å². The van der Waals surface area contributed by atoms with Crippen LogP contribution in [0.25, 0.3) is 0 Å². The fraction of sp³-hybridized carbons (Fsp3) is 0.692. The summed E-state index contributed by atoms with van der Waals surface area (Å²) in [4.78, 5) is 8.46. The highest BCUT2D eigenvalue weighted by Gasteiger charge is 2.27. The molecule has 0 amide bonds. The molecule has 0 aliphatic heterocycles. The Balaban J connectivity index is 1.96. The number of ether oxygens (including phenoxy) is 1. The Hall–Kier alpha value is -1.36. The van der Waals surface area contributed by atoms with E-state index in [1.807, 2.05) is 6.07 Å². The third kappa shape index (κ3) is 3.32. The molecule has 2 N–H and O–H groups in total. The maximum absolute atomic E-state index is 5.47. The van der Waals surface area contributed by atoms with Crippen LogP contribution in [-0.4, -0.2) is 35.8 Å². The summed E-state index contributed by atoms with van der Waals surface area (Å²) >= 11 is 0. The lowest BCUT2D eigenvalue weighted by Gasteiger charge is -2.20. The Morgan fingerprint density at radius 2 is 2.17 bits per heavy atom. The van der Waals surface area contributed by atoms with Gasteiger partial charge in [-0.25, -0.2) is 9.97 Å². The summed E-state index contributed by atoms with van der Waals surface area (Å²) in [5.41, 5.74) is 0. The van der Waals surface area contributed by atoms with Crippen LogP contribution in [0.3, 0.4) is 0 Å². The lowest BCUT2D eigenvalue weighted by atomic mass is 10.2. The highest BCUT2D eigenvalue weighted by molar-refractivity contribution is 5.47. The molecule has 1 aromatic rings. The van der Waals surface area contributed by atoms with Crippen molar-refractivity contribution >= 4 is 11.6 Å². The number of hydrogen-bond acceptors (Lipinski definition) is 5. The zero-order valence-electron chi connectivity index (χ0n) is 11.1. The average molecular weight is 250 g/mol. The molecule has 1 heterocycles. The Bertz CT molecular complexity index is 372. The monoisotopic (exact) mass is 250 g/mol. The second-order valence-corrected chi connectivity index (χ2v) is 4.67. The van der Waals surface area contributed by atoms with Gasteiger partial charge in [-0.2, -0.15) is 0 Å². The third-order valence-corrected chi connectivity index (χ3v) is 3.31. The minimum absolute atomic E-state index is 0.298. The van der Waals surface area contributed by atoms with Gasteiger partial charge in [0.15, 0.2) is 0 Å². The molecule has 1 aromatic heterocycles. The van der Waals surface area contributed by atoms with Gasteiger partial charge in [0, 0.05) is 19.7 Å². The van der Waals surface area contributed by atoms with Crippen LogP contribution >= 0.6 is 0 Å².